The van der Waals surface area contributed by atoms with Crippen molar-refractivity contribution in [2.24, 2.45) is 0 Å². The van der Waals surface area contributed by atoms with Crippen molar-refractivity contribution in [3.8, 4) is 0 Å². The van der Waals surface area contributed by atoms with Crippen LogP contribution in [-0.4, -0.2) is 93.7 Å². The molecular weight excluding hydrogens is 420 g/mol. The largest absolute Gasteiger partial charge is 0.394 e. The maximum absolute atomic E-state index is 13.8. The monoisotopic (exact) mass is 449 g/mol. The van der Waals surface area contributed by atoms with Gasteiger partial charge in [-0.3, -0.25) is 4.79 Å². The molecule has 1 aromatic carbocycles. The average molecular weight is 449 g/mol. The molecule has 1 aliphatic rings. The number of rotatable bonds is 10. The summed E-state index contributed by atoms with van der Waals surface area (Å²) in [5.41, 5.74) is 0.512. The highest BCUT2D eigenvalue weighted by atomic mass is 19.1. The quantitative estimate of drug-likeness (QED) is 0.260. The van der Waals surface area contributed by atoms with Crippen molar-refractivity contribution in [2.75, 3.05) is 13.2 Å². The lowest BCUT2D eigenvalue weighted by Gasteiger charge is -2.39. The Morgan fingerprint density at radius 3 is 2.45 bits per heavy atom. The van der Waals surface area contributed by atoms with E-state index in [0.717, 1.165) is 0 Å². The summed E-state index contributed by atoms with van der Waals surface area (Å²) in [5, 5.41) is 51.8. The van der Waals surface area contributed by atoms with Gasteiger partial charge in [0.15, 0.2) is 12.5 Å². The summed E-state index contributed by atoms with van der Waals surface area (Å²) in [6.45, 7) is 0.389. The van der Waals surface area contributed by atoms with Gasteiger partial charge in [0.05, 0.1) is 31.8 Å². The molecule has 1 heterocycles. The van der Waals surface area contributed by atoms with E-state index in [0.29, 0.717) is 5.56 Å². The number of hydrogen-bond donors (Lipinski definition) is 6. The van der Waals surface area contributed by atoms with E-state index < -0.39 is 74.0 Å². The first-order valence-electron chi connectivity index (χ1n) is 9.96. The fourth-order valence-electron chi connectivity index (χ4n) is 3.16. The van der Waals surface area contributed by atoms with Gasteiger partial charge in [-0.05, 0) is 24.1 Å². The molecule has 1 saturated heterocycles. The first-order valence-corrected chi connectivity index (χ1v) is 9.96. The number of hydrogen-bond acceptors (Lipinski definition) is 8. The lowest BCUT2D eigenvalue weighted by atomic mass is 10.0. The van der Waals surface area contributed by atoms with Crippen LogP contribution in [0, 0.1) is 5.82 Å². The highest BCUT2D eigenvalue weighted by Gasteiger charge is 2.45. The topological polar surface area (TPSA) is 149 Å². The van der Waals surface area contributed by atoms with E-state index in [9.17, 15) is 34.0 Å². The first-order chi connectivity index (χ1) is 14.7. The Kier molecular flexibility index (Phi) is 9.69. The lowest BCUT2D eigenvalue weighted by Crippen LogP contribution is -2.59. The Balaban J connectivity index is 2.03. The van der Waals surface area contributed by atoms with Gasteiger partial charge in [-0.2, -0.15) is 0 Å². The van der Waals surface area contributed by atoms with E-state index in [-0.39, 0.29) is 12.8 Å². The molecule has 0 bridgehead atoms. The zero-order valence-corrected chi connectivity index (χ0v) is 17.0. The SMILES string of the molecule is CC[C@@H](O)[C@@H](O)[C@H](CO[C@H]1OC(CO)[C@@H](F)[C@H](O)C1O)NC(=O)Cc1ccc(F)cc1. The lowest BCUT2D eigenvalue weighted by molar-refractivity contribution is -0.293. The van der Waals surface area contributed by atoms with Gasteiger partial charge >= 0.3 is 0 Å². The molecule has 8 atom stereocenters. The normalized spacial score (nSPS) is 29.2. The molecule has 0 aromatic heterocycles. The van der Waals surface area contributed by atoms with Crippen LogP contribution in [0.3, 0.4) is 0 Å². The summed E-state index contributed by atoms with van der Waals surface area (Å²) < 4.78 is 37.3. The van der Waals surface area contributed by atoms with Crippen LogP contribution in [0.25, 0.3) is 0 Å². The Labute approximate surface area is 178 Å². The van der Waals surface area contributed by atoms with Gasteiger partial charge in [-0.25, -0.2) is 8.78 Å². The third kappa shape index (κ3) is 6.88. The molecule has 0 saturated carbocycles. The van der Waals surface area contributed by atoms with E-state index in [1.807, 2.05) is 0 Å². The second-order valence-electron chi connectivity index (χ2n) is 7.43. The second kappa shape index (κ2) is 11.8. The molecule has 2 unspecified atom stereocenters. The Morgan fingerprint density at radius 2 is 1.87 bits per heavy atom. The van der Waals surface area contributed by atoms with Crippen LogP contribution in [0.15, 0.2) is 24.3 Å². The van der Waals surface area contributed by atoms with E-state index in [1.165, 1.54) is 24.3 Å². The zero-order valence-electron chi connectivity index (χ0n) is 17.0. The van der Waals surface area contributed by atoms with Crippen LogP contribution in [0.5, 0.6) is 0 Å². The number of aliphatic hydroxyl groups is 5. The van der Waals surface area contributed by atoms with Gasteiger partial charge in [0, 0.05) is 0 Å². The number of amides is 1. The second-order valence-corrected chi connectivity index (χ2v) is 7.43. The molecule has 1 fully saturated rings. The molecule has 11 heteroatoms. The molecule has 0 spiro atoms. The fraction of sp³-hybridized carbons (Fsp3) is 0.650. The molecule has 1 amide bonds. The zero-order chi connectivity index (χ0) is 23.1. The number of benzene rings is 1. The van der Waals surface area contributed by atoms with Crippen molar-refractivity contribution in [1.82, 2.24) is 5.32 Å². The third-order valence-corrected chi connectivity index (χ3v) is 5.09. The number of alkyl halides is 1. The highest BCUT2D eigenvalue weighted by molar-refractivity contribution is 5.78. The van der Waals surface area contributed by atoms with Crippen LogP contribution in [0.2, 0.25) is 0 Å². The van der Waals surface area contributed by atoms with Gasteiger partial charge in [0.1, 0.15) is 30.2 Å². The molecule has 0 radical (unpaired) electrons. The Morgan fingerprint density at radius 1 is 1.23 bits per heavy atom. The van der Waals surface area contributed by atoms with Crippen molar-refractivity contribution in [1.29, 1.82) is 0 Å². The smallest absolute Gasteiger partial charge is 0.224 e. The minimum atomic E-state index is -2.03. The Bertz CT molecular complexity index is 692. The summed E-state index contributed by atoms with van der Waals surface area (Å²) in [5.74, 6) is -1.01. The van der Waals surface area contributed by atoms with Crippen LogP contribution in [-0.2, 0) is 20.7 Å². The first kappa shape index (κ1) is 25.5. The Hall–Kier alpha value is -1.73. The summed E-state index contributed by atoms with van der Waals surface area (Å²) in [4.78, 5) is 12.4. The van der Waals surface area contributed by atoms with Crippen LogP contribution < -0.4 is 5.32 Å². The van der Waals surface area contributed by atoms with Crippen molar-refractivity contribution in [2.45, 2.75) is 68.8 Å². The van der Waals surface area contributed by atoms with Gasteiger partial charge in [0.25, 0.3) is 0 Å². The molecule has 9 nitrogen and oxygen atoms in total. The molecule has 31 heavy (non-hydrogen) atoms. The number of halogens is 2. The molecule has 0 aliphatic carbocycles. The predicted molar refractivity (Wildman–Crippen MR) is 103 cm³/mol. The van der Waals surface area contributed by atoms with Crippen molar-refractivity contribution >= 4 is 5.91 Å². The molecule has 2 rings (SSSR count). The predicted octanol–water partition coefficient (Wildman–Crippen LogP) is -1.22. The van der Waals surface area contributed by atoms with Crippen LogP contribution in [0.1, 0.15) is 18.9 Å². The molecule has 1 aliphatic heterocycles. The van der Waals surface area contributed by atoms with Gasteiger partial charge in [0.2, 0.25) is 5.91 Å². The van der Waals surface area contributed by atoms with Gasteiger partial charge in [-0.15, -0.1) is 0 Å². The van der Waals surface area contributed by atoms with Crippen molar-refractivity contribution < 1.29 is 48.6 Å². The maximum atomic E-state index is 13.8. The van der Waals surface area contributed by atoms with Crippen molar-refractivity contribution in [3.05, 3.63) is 35.6 Å². The van der Waals surface area contributed by atoms with E-state index in [2.05, 4.69) is 5.32 Å². The number of carbonyl (C=O) groups is 1. The van der Waals surface area contributed by atoms with Crippen molar-refractivity contribution in [3.63, 3.8) is 0 Å². The number of nitrogens with one attached hydrogen (secondary N) is 1. The standard InChI is InChI=1S/C20H29F2NO8/c1-2-13(25)17(27)12(23-15(26)7-10-3-5-11(21)6-4-10)9-30-20-19(29)18(28)16(22)14(8-24)31-20/h3-6,12-14,16-20,24-25,27-29H,2,7-9H2,1H3,(H,23,26)/t12-,13+,14?,16+,17-,18-,19?,20-/m0/s1. The molecule has 6 N–H and O–H groups in total. The van der Waals surface area contributed by atoms with E-state index >= 15 is 0 Å². The average Bonchev–Trinajstić information content (AvgIpc) is 2.76. The van der Waals surface area contributed by atoms with Crippen LogP contribution in [0.4, 0.5) is 8.78 Å². The molecule has 1 aromatic rings. The maximum Gasteiger partial charge on any atom is 0.224 e. The molecular formula is C20H29F2NO8. The summed E-state index contributed by atoms with van der Waals surface area (Å²) in [7, 11) is 0. The van der Waals surface area contributed by atoms with E-state index in [4.69, 9.17) is 14.6 Å². The molecule has 176 valence electrons. The summed E-state index contributed by atoms with van der Waals surface area (Å²) >= 11 is 0. The number of ether oxygens (including phenoxy) is 2. The third-order valence-electron chi connectivity index (χ3n) is 5.09. The summed E-state index contributed by atoms with van der Waals surface area (Å²) in [6.07, 6.45) is -11.3. The summed E-state index contributed by atoms with van der Waals surface area (Å²) in [6, 6.07) is 4.09. The van der Waals surface area contributed by atoms with Crippen LogP contribution >= 0.6 is 0 Å². The minimum Gasteiger partial charge on any atom is -0.394 e. The van der Waals surface area contributed by atoms with Gasteiger partial charge < -0.3 is 40.3 Å². The van der Waals surface area contributed by atoms with Gasteiger partial charge in [-0.1, -0.05) is 19.1 Å². The number of carbonyl (C=O) groups excluding carboxylic acids is 1. The minimum absolute atomic E-state index is 0.136. The fourth-order valence-corrected chi connectivity index (χ4v) is 3.16. The highest BCUT2D eigenvalue weighted by Crippen LogP contribution is 2.24. The number of aliphatic hydroxyl groups excluding tert-OH is 5. The van der Waals surface area contributed by atoms with E-state index in [1.54, 1.807) is 6.92 Å².